The summed E-state index contributed by atoms with van der Waals surface area (Å²) >= 11 is 0. The Morgan fingerprint density at radius 1 is 1.62 bits per heavy atom. The summed E-state index contributed by atoms with van der Waals surface area (Å²) in [7, 11) is 0. The van der Waals surface area contributed by atoms with Gasteiger partial charge in [-0.15, -0.1) is 0 Å². The van der Waals surface area contributed by atoms with Crippen LogP contribution in [0.15, 0.2) is 18.2 Å². The Labute approximate surface area is 91.9 Å². The summed E-state index contributed by atoms with van der Waals surface area (Å²) in [6.45, 7) is 1.85. The van der Waals surface area contributed by atoms with E-state index in [9.17, 15) is 9.18 Å². The molecule has 1 aromatic carbocycles. The van der Waals surface area contributed by atoms with Gasteiger partial charge in [0.05, 0.1) is 12.3 Å². The lowest BCUT2D eigenvalue weighted by atomic mass is 10.2. The molecule has 1 amide bonds. The van der Waals surface area contributed by atoms with Gasteiger partial charge >= 0.3 is 6.09 Å². The number of nitrogens with two attached hydrogens (primary N) is 1. The number of amides is 1. The van der Waals surface area contributed by atoms with Gasteiger partial charge in [-0.2, -0.15) is 0 Å². The first kappa shape index (κ1) is 12.0. The second kappa shape index (κ2) is 5.11. The van der Waals surface area contributed by atoms with Crippen molar-refractivity contribution in [2.75, 3.05) is 11.9 Å². The minimum absolute atomic E-state index is 0.0107. The van der Waals surface area contributed by atoms with Crippen molar-refractivity contribution in [3.05, 3.63) is 29.6 Å². The lowest BCUT2D eigenvalue weighted by Gasteiger charge is -2.07. The van der Waals surface area contributed by atoms with Crippen molar-refractivity contribution in [1.82, 2.24) is 0 Å². The average molecular weight is 225 g/mol. The van der Waals surface area contributed by atoms with Crippen LogP contribution in [0.2, 0.25) is 0 Å². The van der Waals surface area contributed by atoms with Crippen molar-refractivity contribution in [3.8, 4) is 0 Å². The van der Waals surface area contributed by atoms with Crippen molar-refractivity contribution in [3.63, 3.8) is 0 Å². The third-order valence-corrected chi connectivity index (χ3v) is 1.79. The van der Waals surface area contributed by atoms with Gasteiger partial charge in [0, 0.05) is 5.56 Å². The first-order chi connectivity index (χ1) is 7.54. The molecule has 0 radical (unpaired) electrons. The number of nitrogens with one attached hydrogen (secondary N) is 2. The zero-order valence-electron chi connectivity index (χ0n) is 8.71. The Kier molecular flexibility index (Phi) is 3.82. The number of amidine groups is 1. The molecule has 0 heterocycles. The summed E-state index contributed by atoms with van der Waals surface area (Å²) in [5.41, 5.74) is 5.43. The minimum atomic E-state index is -0.725. The molecule has 1 rings (SSSR count). The molecule has 0 aromatic heterocycles. The van der Waals surface area contributed by atoms with Crippen LogP contribution in [-0.2, 0) is 4.74 Å². The topological polar surface area (TPSA) is 88.2 Å². The number of benzene rings is 1. The Morgan fingerprint density at radius 3 is 2.81 bits per heavy atom. The number of nitrogen functional groups attached to an aromatic ring is 1. The van der Waals surface area contributed by atoms with E-state index < -0.39 is 11.9 Å². The SMILES string of the molecule is CCOC(=O)Nc1ccc(C(=N)N)cc1F. The van der Waals surface area contributed by atoms with Crippen LogP contribution in [0, 0.1) is 11.2 Å². The standard InChI is InChI=1S/C10H12FN3O2/c1-2-16-10(15)14-8-4-3-6(9(12)13)5-7(8)11/h3-5H,2H2,1H3,(H3,12,13)(H,14,15). The highest BCUT2D eigenvalue weighted by Crippen LogP contribution is 2.15. The Morgan fingerprint density at radius 2 is 2.31 bits per heavy atom. The van der Waals surface area contributed by atoms with Gasteiger partial charge in [0.2, 0.25) is 0 Å². The molecule has 0 aliphatic heterocycles. The van der Waals surface area contributed by atoms with E-state index in [0.29, 0.717) is 0 Å². The van der Waals surface area contributed by atoms with Gasteiger partial charge < -0.3 is 10.5 Å². The number of carbonyl (C=O) groups is 1. The van der Waals surface area contributed by atoms with Gasteiger partial charge in [-0.3, -0.25) is 10.7 Å². The third kappa shape index (κ3) is 2.94. The highest BCUT2D eigenvalue weighted by atomic mass is 19.1. The van der Waals surface area contributed by atoms with Gasteiger partial charge in [0.25, 0.3) is 0 Å². The molecule has 0 unspecified atom stereocenters. The molecule has 1 aromatic rings. The van der Waals surface area contributed by atoms with Crippen LogP contribution in [0.4, 0.5) is 14.9 Å². The van der Waals surface area contributed by atoms with E-state index in [1.165, 1.54) is 12.1 Å². The fraction of sp³-hybridized carbons (Fsp3) is 0.200. The predicted octanol–water partition coefficient (Wildman–Crippen LogP) is 1.68. The zero-order valence-corrected chi connectivity index (χ0v) is 8.71. The molecule has 5 nitrogen and oxygen atoms in total. The zero-order chi connectivity index (χ0) is 12.1. The number of carbonyl (C=O) groups excluding carboxylic acids is 1. The number of rotatable bonds is 3. The van der Waals surface area contributed by atoms with Crippen LogP contribution in [0.1, 0.15) is 12.5 Å². The van der Waals surface area contributed by atoms with Gasteiger partial charge in [-0.1, -0.05) is 0 Å². The molecule has 16 heavy (non-hydrogen) atoms. The van der Waals surface area contributed by atoms with Gasteiger partial charge in [-0.05, 0) is 25.1 Å². The predicted molar refractivity (Wildman–Crippen MR) is 58.1 cm³/mol. The van der Waals surface area contributed by atoms with E-state index in [1.54, 1.807) is 6.92 Å². The molecule has 4 N–H and O–H groups in total. The molecule has 86 valence electrons. The lowest BCUT2D eigenvalue weighted by Crippen LogP contribution is -2.15. The fourth-order valence-electron chi connectivity index (χ4n) is 1.06. The van der Waals surface area contributed by atoms with Crippen LogP contribution < -0.4 is 11.1 Å². The highest BCUT2D eigenvalue weighted by molar-refractivity contribution is 5.95. The van der Waals surface area contributed by atoms with Crippen LogP contribution in [0.5, 0.6) is 0 Å². The molecular weight excluding hydrogens is 213 g/mol. The molecule has 0 saturated carbocycles. The third-order valence-electron chi connectivity index (χ3n) is 1.79. The molecule has 0 saturated heterocycles. The van der Waals surface area contributed by atoms with E-state index in [2.05, 4.69) is 10.1 Å². The van der Waals surface area contributed by atoms with E-state index in [1.807, 2.05) is 0 Å². The lowest BCUT2D eigenvalue weighted by molar-refractivity contribution is 0.168. The quantitative estimate of drug-likeness (QED) is 0.540. The van der Waals surface area contributed by atoms with Crippen LogP contribution >= 0.6 is 0 Å². The maximum atomic E-state index is 13.4. The summed E-state index contributed by atoms with van der Waals surface area (Å²) < 4.78 is 18.0. The minimum Gasteiger partial charge on any atom is -0.450 e. The van der Waals surface area contributed by atoms with Crippen molar-refractivity contribution in [2.24, 2.45) is 5.73 Å². The molecule has 0 atom stereocenters. The maximum absolute atomic E-state index is 13.4. The first-order valence-electron chi connectivity index (χ1n) is 4.62. The van der Waals surface area contributed by atoms with Crippen LogP contribution in [0.25, 0.3) is 0 Å². The van der Waals surface area contributed by atoms with Crippen molar-refractivity contribution < 1.29 is 13.9 Å². The van der Waals surface area contributed by atoms with Crippen molar-refractivity contribution in [2.45, 2.75) is 6.92 Å². The van der Waals surface area contributed by atoms with Gasteiger partial charge in [0.15, 0.2) is 0 Å². The molecular formula is C10H12FN3O2. The molecule has 0 aliphatic carbocycles. The summed E-state index contributed by atoms with van der Waals surface area (Å²) in [5, 5.41) is 9.34. The van der Waals surface area contributed by atoms with E-state index in [-0.39, 0.29) is 23.7 Å². The Hall–Kier alpha value is -2.11. The number of ether oxygens (including phenoxy) is 1. The van der Waals surface area contributed by atoms with E-state index in [0.717, 1.165) is 6.07 Å². The van der Waals surface area contributed by atoms with E-state index >= 15 is 0 Å². The van der Waals surface area contributed by atoms with Gasteiger partial charge in [-0.25, -0.2) is 9.18 Å². The van der Waals surface area contributed by atoms with Crippen molar-refractivity contribution in [1.29, 1.82) is 5.41 Å². The number of anilines is 1. The summed E-state index contributed by atoms with van der Waals surface area (Å²) in [4.78, 5) is 11.0. The maximum Gasteiger partial charge on any atom is 0.411 e. The van der Waals surface area contributed by atoms with Gasteiger partial charge in [0.1, 0.15) is 11.7 Å². The van der Waals surface area contributed by atoms with Crippen LogP contribution in [-0.4, -0.2) is 18.5 Å². The second-order valence-electron chi connectivity index (χ2n) is 2.95. The van der Waals surface area contributed by atoms with E-state index in [4.69, 9.17) is 11.1 Å². The van der Waals surface area contributed by atoms with Crippen LogP contribution in [0.3, 0.4) is 0 Å². The summed E-state index contributed by atoms with van der Waals surface area (Å²) in [5.74, 6) is -0.901. The fourth-order valence-corrected chi connectivity index (χ4v) is 1.06. The number of hydrogen-bond acceptors (Lipinski definition) is 3. The second-order valence-corrected chi connectivity index (χ2v) is 2.95. The molecule has 0 fully saturated rings. The Bertz CT molecular complexity index is 421. The molecule has 0 bridgehead atoms. The monoisotopic (exact) mass is 225 g/mol. The molecule has 0 spiro atoms. The first-order valence-corrected chi connectivity index (χ1v) is 4.62. The molecule has 6 heteroatoms. The smallest absolute Gasteiger partial charge is 0.411 e. The Balaban J connectivity index is 2.83. The summed E-state index contributed by atoms with van der Waals surface area (Å²) in [6, 6.07) is 3.83. The highest BCUT2D eigenvalue weighted by Gasteiger charge is 2.08. The number of hydrogen-bond donors (Lipinski definition) is 3. The molecule has 0 aliphatic rings. The normalized spacial score (nSPS) is 9.62. The number of halogens is 1. The average Bonchev–Trinajstić information content (AvgIpc) is 2.21. The van der Waals surface area contributed by atoms with Crippen molar-refractivity contribution >= 4 is 17.6 Å². The summed E-state index contributed by atoms with van der Waals surface area (Å²) in [6.07, 6.45) is -0.725. The largest absolute Gasteiger partial charge is 0.450 e.